The molecule has 0 bridgehead atoms. The van der Waals surface area contributed by atoms with Crippen LogP contribution in [-0.2, 0) is 6.54 Å². The molecule has 0 saturated carbocycles. The van der Waals surface area contributed by atoms with Crippen molar-refractivity contribution in [1.82, 2.24) is 14.8 Å². The molecule has 2 unspecified atom stereocenters. The summed E-state index contributed by atoms with van der Waals surface area (Å²) in [6, 6.07) is 19.2. The minimum atomic E-state index is -0.0361. The molecule has 1 N–H and O–H groups in total. The Labute approximate surface area is 192 Å². The summed E-state index contributed by atoms with van der Waals surface area (Å²) in [6.45, 7) is 4.49. The second-order valence-corrected chi connectivity index (χ2v) is 8.93. The third-order valence-corrected chi connectivity index (χ3v) is 6.37. The first kappa shape index (κ1) is 20.8. The minimum absolute atomic E-state index is 0.0361. The van der Waals surface area contributed by atoms with Gasteiger partial charge in [-0.15, -0.1) is 0 Å². The van der Waals surface area contributed by atoms with Crippen LogP contribution in [0.5, 0.6) is 11.5 Å². The van der Waals surface area contributed by atoms with Crippen molar-refractivity contribution in [3.05, 3.63) is 83.6 Å². The van der Waals surface area contributed by atoms with Crippen molar-refractivity contribution >= 4 is 23.3 Å². The van der Waals surface area contributed by atoms with E-state index >= 15 is 0 Å². The number of carbonyl (C=O) groups is 1. The van der Waals surface area contributed by atoms with Crippen LogP contribution >= 0.6 is 11.6 Å². The fraction of sp³-hybridized carbons (Fsp3) is 0.280. The van der Waals surface area contributed by atoms with Crippen LogP contribution in [0, 0.1) is 11.8 Å². The van der Waals surface area contributed by atoms with Gasteiger partial charge in [0.05, 0.1) is 11.9 Å². The molecule has 2 aliphatic rings. The molecule has 6 nitrogen and oxygen atoms in total. The topological polar surface area (TPSA) is 57.7 Å². The molecule has 1 aromatic heterocycles. The molecule has 2 atom stereocenters. The number of benzene rings is 2. The van der Waals surface area contributed by atoms with E-state index in [2.05, 4.69) is 27.3 Å². The van der Waals surface area contributed by atoms with Crippen molar-refractivity contribution in [1.29, 1.82) is 0 Å². The van der Waals surface area contributed by atoms with Gasteiger partial charge in [-0.2, -0.15) is 0 Å². The van der Waals surface area contributed by atoms with Gasteiger partial charge in [0.1, 0.15) is 11.5 Å². The minimum Gasteiger partial charge on any atom is -0.457 e. The molecule has 3 heterocycles. The number of nitrogens with zero attached hydrogens (tertiary/aromatic N) is 3. The normalized spacial score (nSPS) is 20.2. The van der Waals surface area contributed by atoms with E-state index in [1.54, 1.807) is 12.4 Å². The highest BCUT2D eigenvalue weighted by molar-refractivity contribution is 6.30. The number of pyridine rings is 1. The zero-order valence-corrected chi connectivity index (χ0v) is 18.4. The van der Waals surface area contributed by atoms with Crippen molar-refractivity contribution in [2.45, 2.75) is 6.54 Å². The first-order valence-electron chi connectivity index (χ1n) is 10.8. The van der Waals surface area contributed by atoms with Gasteiger partial charge < -0.3 is 15.0 Å². The number of rotatable bonds is 5. The molecular formula is C25H25ClN4O2. The Bertz CT molecular complexity index is 1060. The SMILES string of the molecule is O=C(Nc1cccnc1)N1CC2CN(Cc3cccc(Oc4ccc(Cl)cc4)c3)CC2C1. The molecule has 2 amide bonds. The van der Waals surface area contributed by atoms with Crippen molar-refractivity contribution in [2.75, 3.05) is 31.5 Å². The van der Waals surface area contributed by atoms with Crippen LogP contribution in [0.3, 0.4) is 0 Å². The summed E-state index contributed by atoms with van der Waals surface area (Å²) >= 11 is 5.95. The number of urea groups is 1. The largest absolute Gasteiger partial charge is 0.457 e. The first-order valence-corrected chi connectivity index (χ1v) is 11.2. The van der Waals surface area contributed by atoms with E-state index in [1.165, 1.54) is 5.56 Å². The molecule has 2 fully saturated rings. The van der Waals surface area contributed by atoms with Gasteiger partial charge in [0.15, 0.2) is 0 Å². The van der Waals surface area contributed by atoms with E-state index in [0.29, 0.717) is 16.9 Å². The number of hydrogen-bond acceptors (Lipinski definition) is 4. The number of fused-ring (bicyclic) bond motifs is 1. The van der Waals surface area contributed by atoms with Crippen LogP contribution in [0.2, 0.25) is 5.02 Å². The summed E-state index contributed by atoms with van der Waals surface area (Å²) < 4.78 is 5.97. The maximum atomic E-state index is 12.6. The Morgan fingerprint density at radius 3 is 2.50 bits per heavy atom. The number of carbonyl (C=O) groups excluding carboxylic acids is 1. The fourth-order valence-corrected chi connectivity index (χ4v) is 4.75. The zero-order valence-electron chi connectivity index (χ0n) is 17.7. The smallest absolute Gasteiger partial charge is 0.321 e. The highest BCUT2D eigenvalue weighted by Crippen LogP contribution is 2.33. The second-order valence-electron chi connectivity index (χ2n) is 8.49. The van der Waals surface area contributed by atoms with Crippen molar-refractivity contribution in [3.63, 3.8) is 0 Å². The summed E-state index contributed by atoms with van der Waals surface area (Å²) in [4.78, 5) is 21.0. The molecule has 0 radical (unpaired) electrons. The summed E-state index contributed by atoms with van der Waals surface area (Å²) in [6.07, 6.45) is 3.37. The van der Waals surface area contributed by atoms with E-state index in [-0.39, 0.29) is 6.03 Å². The lowest BCUT2D eigenvalue weighted by atomic mass is 10.0. The molecule has 3 aromatic rings. The first-order chi connectivity index (χ1) is 15.6. The van der Waals surface area contributed by atoms with E-state index in [4.69, 9.17) is 16.3 Å². The third-order valence-electron chi connectivity index (χ3n) is 6.12. The molecular weight excluding hydrogens is 424 g/mol. The maximum absolute atomic E-state index is 12.6. The highest BCUT2D eigenvalue weighted by atomic mass is 35.5. The van der Waals surface area contributed by atoms with Gasteiger partial charge in [0, 0.05) is 43.9 Å². The van der Waals surface area contributed by atoms with Crippen LogP contribution in [0.4, 0.5) is 10.5 Å². The summed E-state index contributed by atoms with van der Waals surface area (Å²) in [5, 5.41) is 3.64. The van der Waals surface area contributed by atoms with Crippen LogP contribution in [0.1, 0.15) is 5.56 Å². The van der Waals surface area contributed by atoms with Gasteiger partial charge in [-0.05, 0) is 65.9 Å². The molecule has 2 saturated heterocycles. The molecule has 5 rings (SSSR count). The second kappa shape index (κ2) is 9.18. The summed E-state index contributed by atoms with van der Waals surface area (Å²) in [5.74, 6) is 2.63. The van der Waals surface area contributed by atoms with Gasteiger partial charge in [-0.25, -0.2) is 4.79 Å². The summed E-state index contributed by atoms with van der Waals surface area (Å²) in [5.41, 5.74) is 1.96. The average molecular weight is 449 g/mol. The molecule has 2 aromatic carbocycles. The molecule has 0 spiro atoms. The molecule has 0 aliphatic carbocycles. The van der Waals surface area contributed by atoms with Crippen LogP contribution in [0.15, 0.2) is 73.1 Å². The Morgan fingerprint density at radius 1 is 1.00 bits per heavy atom. The number of hydrogen-bond donors (Lipinski definition) is 1. The zero-order chi connectivity index (χ0) is 21.9. The van der Waals surface area contributed by atoms with Gasteiger partial charge in [0.25, 0.3) is 0 Å². The number of anilines is 1. The molecule has 164 valence electrons. The monoisotopic (exact) mass is 448 g/mol. The Kier molecular flexibility index (Phi) is 5.97. The lowest BCUT2D eigenvalue weighted by Crippen LogP contribution is -2.36. The van der Waals surface area contributed by atoms with Gasteiger partial charge in [-0.3, -0.25) is 9.88 Å². The number of halogens is 1. The molecule has 7 heteroatoms. The number of ether oxygens (including phenoxy) is 1. The summed E-state index contributed by atoms with van der Waals surface area (Å²) in [7, 11) is 0. The fourth-order valence-electron chi connectivity index (χ4n) is 4.63. The van der Waals surface area contributed by atoms with Crippen molar-refractivity contribution in [2.24, 2.45) is 11.8 Å². The highest BCUT2D eigenvalue weighted by Gasteiger charge is 2.41. The lowest BCUT2D eigenvalue weighted by Gasteiger charge is -2.22. The lowest BCUT2D eigenvalue weighted by molar-refractivity contribution is 0.212. The predicted molar refractivity (Wildman–Crippen MR) is 125 cm³/mol. The van der Waals surface area contributed by atoms with Gasteiger partial charge >= 0.3 is 6.03 Å². The average Bonchev–Trinajstić information content (AvgIpc) is 3.35. The van der Waals surface area contributed by atoms with E-state index in [1.807, 2.05) is 53.4 Å². The number of likely N-dealkylation sites (tertiary alicyclic amines) is 2. The van der Waals surface area contributed by atoms with Crippen LogP contribution < -0.4 is 10.1 Å². The third kappa shape index (κ3) is 4.87. The maximum Gasteiger partial charge on any atom is 0.321 e. The standard InChI is InChI=1S/C25H25ClN4O2/c26-21-6-8-23(9-7-21)32-24-5-1-3-18(11-24)13-29-14-19-16-30(17-20(19)15-29)25(31)28-22-4-2-10-27-12-22/h1-12,19-20H,13-17H2,(H,28,31). The molecule has 2 aliphatic heterocycles. The van der Waals surface area contributed by atoms with Crippen molar-refractivity contribution in [3.8, 4) is 11.5 Å². The quantitative estimate of drug-likeness (QED) is 0.588. The number of aromatic nitrogens is 1. The molecule has 32 heavy (non-hydrogen) atoms. The van der Waals surface area contributed by atoms with Gasteiger partial charge in [-0.1, -0.05) is 23.7 Å². The van der Waals surface area contributed by atoms with Crippen LogP contribution in [-0.4, -0.2) is 47.0 Å². The van der Waals surface area contributed by atoms with Gasteiger partial charge in [0.2, 0.25) is 0 Å². The van der Waals surface area contributed by atoms with Crippen LogP contribution in [0.25, 0.3) is 0 Å². The Balaban J connectivity index is 1.14. The Morgan fingerprint density at radius 2 is 1.78 bits per heavy atom. The predicted octanol–water partition coefficient (Wildman–Crippen LogP) is 5.12. The number of nitrogens with one attached hydrogen (secondary N) is 1. The number of amides is 2. The van der Waals surface area contributed by atoms with E-state index in [0.717, 1.165) is 49.9 Å². The Hall–Kier alpha value is -3.09. The van der Waals surface area contributed by atoms with Crippen molar-refractivity contribution < 1.29 is 9.53 Å². The van der Waals surface area contributed by atoms with E-state index < -0.39 is 0 Å². The van der Waals surface area contributed by atoms with E-state index in [9.17, 15) is 4.79 Å².